The molecule has 2 aromatic rings. The third-order valence-corrected chi connectivity index (χ3v) is 4.04. The van der Waals surface area contributed by atoms with Crippen molar-refractivity contribution in [3.8, 4) is 0 Å². The fourth-order valence-corrected chi connectivity index (χ4v) is 3.00. The van der Waals surface area contributed by atoms with Gasteiger partial charge in [0.1, 0.15) is 0 Å². The molecule has 17 heavy (non-hydrogen) atoms. The van der Waals surface area contributed by atoms with Crippen LogP contribution in [0.4, 0.5) is 5.69 Å². The lowest BCUT2D eigenvalue weighted by atomic mass is 10.3. The molecule has 1 unspecified atom stereocenters. The highest BCUT2D eigenvalue weighted by Crippen LogP contribution is 2.31. The minimum Gasteiger partial charge on any atom is -0.397 e. The van der Waals surface area contributed by atoms with E-state index in [1.165, 1.54) is 0 Å². The normalized spacial score (nSPS) is 20.1. The molecule has 90 valence electrons. The van der Waals surface area contributed by atoms with E-state index in [1.807, 2.05) is 12.1 Å². The van der Waals surface area contributed by atoms with Gasteiger partial charge < -0.3 is 10.5 Å². The number of anilines is 1. The maximum Gasteiger partial charge on any atom is 0.159 e. The van der Waals surface area contributed by atoms with Crippen molar-refractivity contribution in [1.82, 2.24) is 10.3 Å². The van der Waals surface area contributed by atoms with Gasteiger partial charge in [0.15, 0.2) is 11.0 Å². The summed E-state index contributed by atoms with van der Waals surface area (Å²) < 4.78 is 10.3. The molecule has 1 aromatic carbocycles. The van der Waals surface area contributed by atoms with E-state index in [4.69, 9.17) is 15.1 Å². The molecule has 1 atom stereocenters. The van der Waals surface area contributed by atoms with Crippen molar-refractivity contribution in [2.45, 2.75) is 23.8 Å². The number of rotatable bonds is 3. The summed E-state index contributed by atoms with van der Waals surface area (Å²) >= 11 is 1.72. The zero-order valence-corrected chi connectivity index (χ0v) is 10.1. The van der Waals surface area contributed by atoms with Crippen molar-refractivity contribution in [2.24, 2.45) is 0 Å². The molecule has 0 amide bonds. The van der Waals surface area contributed by atoms with Crippen molar-refractivity contribution in [3.63, 3.8) is 0 Å². The lowest BCUT2D eigenvalue weighted by Crippen LogP contribution is -2.07. The highest BCUT2D eigenvalue weighted by molar-refractivity contribution is 7.99. The Balaban J connectivity index is 1.80. The molecule has 0 saturated carbocycles. The zero-order chi connectivity index (χ0) is 11.7. The van der Waals surface area contributed by atoms with Crippen LogP contribution in [0.15, 0.2) is 21.7 Å². The Morgan fingerprint density at radius 3 is 3.06 bits per heavy atom. The number of ether oxygens (including phenoxy) is 1. The van der Waals surface area contributed by atoms with Crippen LogP contribution in [0.2, 0.25) is 0 Å². The molecule has 1 aliphatic rings. The number of nitrogens with two attached hydrogens (primary N) is 1. The van der Waals surface area contributed by atoms with Crippen LogP contribution in [-0.4, -0.2) is 28.8 Å². The lowest BCUT2D eigenvalue weighted by Gasteiger charge is -2.08. The van der Waals surface area contributed by atoms with E-state index in [0.717, 1.165) is 35.6 Å². The van der Waals surface area contributed by atoms with Gasteiger partial charge in [-0.25, -0.2) is 4.63 Å². The Morgan fingerprint density at radius 1 is 1.35 bits per heavy atom. The van der Waals surface area contributed by atoms with Crippen LogP contribution >= 0.6 is 11.8 Å². The van der Waals surface area contributed by atoms with Gasteiger partial charge in [0.05, 0.1) is 11.8 Å². The molecule has 2 heterocycles. The first-order valence-electron chi connectivity index (χ1n) is 5.60. The predicted octanol–water partition coefficient (Wildman–Crippen LogP) is 2.08. The maximum absolute atomic E-state index is 5.79. The Hall–Kier alpha value is -1.27. The molecule has 0 bridgehead atoms. The van der Waals surface area contributed by atoms with Crippen molar-refractivity contribution < 1.29 is 9.37 Å². The van der Waals surface area contributed by atoms with Gasteiger partial charge in [-0.1, -0.05) is 0 Å². The molecule has 1 aromatic heterocycles. The monoisotopic (exact) mass is 251 g/mol. The zero-order valence-electron chi connectivity index (χ0n) is 9.26. The molecule has 1 fully saturated rings. The van der Waals surface area contributed by atoms with E-state index in [2.05, 4.69) is 10.3 Å². The minimum atomic E-state index is 0.354. The molecule has 1 saturated heterocycles. The van der Waals surface area contributed by atoms with Crippen LogP contribution in [-0.2, 0) is 4.74 Å². The standard InChI is InChI=1S/C11H13N3O2S/c12-8-3-4-9(11-10(8)13-16-14-11)17-6-7-2-1-5-15-7/h3-4,7H,1-2,5-6,12H2. The van der Waals surface area contributed by atoms with E-state index in [1.54, 1.807) is 11.8 Å². The van der Waals surface area contributed by atoms with Crippen LogP contribution in [0.1, 0.15) is 12.8 Å². The fourth-order valence-electron chi connectivity index (χ4n) is 1.94. The number of nitrogens with zero attached hydrogens (tertiary/aromatic N) is 2. The second kappa shape index (κ2) is 4.54. The first kappa shape index (κ1) is 10.9. The van der Waals surface area contributed by atoms with Crippen molar-refractivity contribution in [3.05, 3.63) is 12.1 Å². The molecule has 0 radical (unpaired) electrons. The van der Waals surface area contributed by atoms with Crippen LogP contribution < -0.4 is 5.73 Å². The first-order chi connectivity index (χ1) is 8.34. The third kappa shape index (κ3) is 2.10. The van der Waals surface area contributed by atoms with E-state index in [0.29, 0.717) is 17.3 Å². The van der Waals surface area contributed by atoms with Crippen molar-refractivity contribution >= 4 is 28.5 Å². The molecule has 0 aliphatic carbocycles. The van der Waals surface area contributed by atoms with Gasteiger partial charge in [0, 0.05) is 17.3 Å². The van der Waals surface area contributed by atoms with E-state index >= 15 is 0 Å². The number of fused-ring (bicyclic) bond motifs is 1. The molecule has 0 spiro atoms. The molecule has 5 nitrogen and oxygen atoms in total. The number of nitrogen functional groups attached to an aromatic ring is 1. The van der Waals surface area contributed by atoms with Gasteiger partial charge in [-0.15, -0.1) is 11.8 Å². The SMILES string of the molecule is Nc1ccc(SCC2CCCO2)c2nonc12. The first-order valence-corrected chi connectivity index (χ1v) is 6.58. The highest BCUT2D eigenvalue weighted by atomic mass is 32.2. The van der Waals surface area contributed by atoms with Gasteiger partial charge in [0.25, 0.3) is 0 Å². The maximum atomic E-state index is 5.79. The topological polar surface area (TPSA) is 74.2 Å². The van der Waals surface area contributed by atoms with Crippen molar-refractivity contribution in [1.29, 1.82) is 0 Å². The second-order valence-electron chi connectivity index (χ2n) is 4.06. The average molecular weight is 251 g/mol. The quantitative estimate of drug-likeness (QED) is 0.665. The van der Waals surface area contributed by atoms with Gasteiger partial charge in [-0.05, 0) is 35.3 Å². The summed E-state index contributed by atoms with van der Waals surface area (Å²) in [5.74, 6) is 0.936. The van der Waals surface area contributed by atoms with E-state index < -0.39 is 0 Å². The van der Waals surface area contributed by atoms with E-state index in [-0.39, 0.29) is 0 Å². The Labute approximate surface area is 103 Å². The highest BCUT2D eigenvalue weighted by Gasteiger charge is 2.17. The summed E-state index contributed by atoms with van der Waals surface area (Å²) in [6.07, 6.45) is 2.66. The van der Waals surface area contributed by atoms with Gasteiger partial charge in [-0.3, -0.25) is 0 Å². The Bertz CT molecular complexity index is 522. The Kier molecular flexibility index (Phi) is 2.90. The average Bonchev–Trinajstić information content (AvgIpc) is 2.99. The number of aromatic nitrogens is 2. The van der Waals surface area contributed by atoms with Gasteiger partial charge in [-0.2, -0.15) is 0 Å². The molecular formula is C11H13N3O2S. The van der Waals surface area contributed by atoms with Gasteiger partial charge >= 0.3 is 0 Å². The smallest absolute Gasteiger partial charge is 0.159 e. The van der Waals surface area contributed by atoms with Crippen LogP contribution in [0.5, 0.6) is 0 Å². The molecule has 3 rings (SSSR count). The lowest BCUT2D eigenvalue weighted by molar-refractivity contribution is 0.129. The summed E-state index contributed by atoms with van der Waals surface area (Å²) in [4.78, 5) is 1.05. The van der Waals surface area contributed by atoms with E-state index in [9.17, 15) is 0 Å². The molecular weight excluding hydrogens is 238 g/mol. The van der Waals surface area contributed by atoms with Crippen molar-refractivity contribution in [2.75, 3.05) is 18.1 Å². The van der Waals surface area contributed by atoms with Crippen LogP contribution in [0.3, 0.4) is 0 Å². The fraction of sp³-hybridized carbons (Fsp3) is 0.455. The summed E-state index contributed by atoms with van der Waals surface area (Å²) in [5.41, 5.74) is 7.78. The summed E-state index contributed by atoms with van der Waals surface area (Å²) in [5, 5.41) is 7.70. The molecule has 2 N–H and O–H groups in total. The summed E-state index contributed by atoms with van der Waals surface area (Å²) in [6, 6.07) is 3.80. The predicted molar refractivity (Wildman–Crippen MR) is 65.9 cm³/mol. The molecule has 6 heteroatoms. The van der Waals surface area contributed by atoms with Crippen LogP contribution in [0.25, 0.3) is 11.0 Å². The van der Waals surface area contributed by atoms with Gasteiger partial charge in [0.2, 0.25) is 0 Å². The largest absolute Gasteiger partial charge is 0.397 e. The number of thioether (sulfide) groups is 1. The number of hydrogen-bond acceptors (Lipinski definition) is 6. The Morgan fingerprint density at radius 2 is 2.24 bits per heavy atom. The minimum absolute atomic E-state index is 0.354. The third-order valence-electron chi connectivity index (χ3n) is 2.86. The van der Waals surface area contributed by atoms with Crippen LogP contribution in [0, 0.1) is 0 Å². The summed E-state index contributed by atoms with van der Waals surface area (Å²) in [7, 11) is 0. The number of hydrogen-bond donors (Lipinski definition) is 1. The second-order valence-corrected chi connectivity index (χ2v) is 5.12. The molecule has 1 aliphatic heterocycles. The number of benzene rings is 1. The summed E-state index contributed by atoms with van der Waals surface area (Å²) in [6.45, 7) is 0.883.